The summed E-state index contributed by atoms with van der Waals surface area (Å²) in [6.07, 6.45) is 7.25. The van der Waals surface area contributed by atoms with Crippen molar-refractivity contribution >= 4 is 5.91 Å². The number of nitrogens with zero attached hydrogens (tertiary/aromatic N) is 1. The lowest BCUT2D eigenvalue weighted by atomic mass is 9.97. The van der Waals surface area contributed by atoms with Gasteiger partial charge in [0.15, 0.2) is 0 Å². The van der Waals surface area contributed by atoms with Crippen molar-refractivity contribution in [2.24, 2.45) is 5.92 Å². The summed E-state index contributed by atoms with van der Waals surface area (Å²) in [5.74, 6) is 0.354. The third-order valence-electron chi connectivity index (χ3n) is 4.77. The summed E-state index contributed by atoms with van der Waals surface area (Å²) in [5.41, 5.74) is 0. The van der Waals surface area contributed by atoms with E-state index < -0.39 is 0 Å². The lowest BCUT2D eigenvalue weighted by molar-refractivity contribution is -0.148. The van der Waals surface area contributed by atoms with Gasteiger partial charge in [-0.1, -0.05) is 26.2 Å². The molecule has 1 saturated heterocycles. The largest absolute Gasteiger partial charge is 0.393 e. The van der Waals surface area contributed by atoms with Crippen LogP contribution in [0.1, 0.15) is 58.8 Å². The van der Waals surface area contributed by atoms with Gasteiger partial charge in [0.2, 0.25) is 0 Å². The van der Waals surface area contributed by atoms with Gasteiger partial charge in [-0.25, -0.2) is 0 Å². The van der Waals surface area contributed by atoms with Crippen LogP contribution in [0.15, 0.2) is 0 Å². The van der Waals surface area contributed by atoms with E-state index in [1.807, 2.05) is 18.7 Å². The van der Waals surface area contributed by atoms with E-state index >= 15 is 0 Å². The number of hydrogen-bond acceptors (Lipinski definition) is 3. The van der Waals surface area contributed by atoms with Crippen LogP contribution in [0.4, 0.5) is 0 Å². The predicted octanol–water partition coefficient (Wildman–Crippen LogP) is 2.34. The summed E-state index contributed by atoms with van der Waals surface area (Å²) in [5, 5.41) is 9.64. The van der Waals surface area contributed by atoms with Gasteiger partial charge in [-0.05, 0) is 32.6 Å². The van der Waals surface area contributed by atoms with Crippen molar-refractivity contribution in [3.8, 4) is 0 Å². The Labute approximate surface area is 122 Å². The molecule has 1 N–H and O–H groups in total. The molecule has 2 aliphatic rings. The van der Waals surface area contributed by atoms with E-state index in [1.54, 1.807) is 0 Å². The molecule has 2 rings (SSSR count). The molecule has 4 nitrogen and oxygen atoms in total. The Morgan fingerprint density at radius 3 is 2.55 bits per heavy atom. The highest BCUT2D eigenvalue weighted by Crippen LogP contribution is 2.25. The Hall–Kier alpha value is -0.610. The molecule has 0 aromatic rings. The van der Waals surface area contributed by atoms with Gasteiger partial charge in [-0.15, -0.1) is 0 Å². The lowest BCUT2D eigenvalue weighted by Gasteiger charge is -2.29. The van der Waals surface area contributed by atoms with Crippen molar-refractivity contribution in [3.63, 3.8) is 0 Å². The molecule has 1 aliphatic carbocycles. The molecule has 1 heterocycles. The second kappa shape index (κ2) is 7.41. The summed E-state index contributed by atoms with van der Waals surface area (Å²) in [6.45, 7) is 5.28. The molecule has 1 saturated carbocycles. The van der Waals surface area contributed by atoms with Crippen LogP contribution in [0, 0.1) is 5.92 Å². The Balaban J connectivity index is 1.85. The molecule has 0 aromatic heterocycles. The van der Waals surface area contributed by atoms with Gasteiger partial charge in [0.05, 0.1) is 12.2 Å². The maximum atomic E-state index is 12.5. The van der Waals surface area contributed by atoms with Crippen LogP contribution >= 0.6 is 0 Å². The SMILES string of the molecule is CCC(OC1CCCCC1)C(=O)N1CCC(C(C)O)C1. The molecule has 2 fully saturated rings. The van der Waals surface area contributed by atoms with Crippen LogP contribution in [0.2, 0.25) is 0 Å². The van der Waals surface area contributed by atoms with E-state index in [0.717, 1.165) is 32.2 Å². The van der Waals surface area contributed by atoms with E-state index in [4.69, 9.17) is 4.74 Å². The lowest BCUT2D eigenvalue weighted by Crippen LogP contribution is -2.41. The minimum Gasteiger partial charge on any atom is -0.393 e. The topological polar surface area (TPSA) is 49.8 Å². The van der Waals surface area contributed by atoms with E-state index in [2.05, 4.69) is 0 Å². The quantitative estimate of drug-likeness (QED) is 0.842. The fraction of sp³-hybridized carbons (Fsp3) is 0.938. The first-order valence-electron chi connectivity index (χ1n) is 8.24. The molecule has 0 radical (unpaired) electrons. The van der Waals surface area contributed by atoms with Crippen LogP contribution in [0.5, 0.6) is 0 Å². The number of likely N-dealkylation sites (tertiary alicyclic amines) is 1. The average Bonchev–Trinajstić information content (AvgIpc) is 2.95. The number of amides is 1. The summed E-state index contributed by atoms with van der Waals surface area (Å²) < 4.78 is 6.06. The van der Waals surface area contributed by atoms with E-state index in [-0.39, 0.29) is 30.1 Å². The first-order valence-corrected chi connectivity index (χ1v) is 8.24. The molecule has 0 spiro atoms. The maximum Gasteiger partial charge on any atom is 0.251 e. The molecule has 3 unspecified atom stereocenters. The summed E-state index contributed by atoms with van der Waals surface area (Å²) in [4.78, 5) is 14.4. The molecule has 4 heteroatoms. The number of aliphatic hydroxyl groups excluding tert-OH is 1. The molecule has 0 aromatic carbocycles. The Morgan fingerprint density at radius 2 is 2.00 bits per heavy atom. The van der Waals surface area contributed by atoms with Crippen molar-refractivity contribution < 1.29 is 14.6 Å². The Morgan fingerprint density at radius 1 is 1.30 bits per heavy atom. The molecule has 20 heavy (non-hydrogen) atoms. The van der Waals surface area contributed by atoms with Crippen LogP contribution < -0.4 is 0 Å². The van der Waals surface area contributed by atoms with Gasteiger partial charge >= 0.3 is 0 Å². The van der Waals surface area contributed by atoms with Gasteiger partial charge < -0.3 is 14.7 Å². The highest BCUT2D eigenvalue weighted by atomic mass is 16.5. The van der Waals surface area contributed by atoms with Crippen molar-refractivity contribution in [1.82, 2.24) is 4.90 Å². The van der Waals surface area contributed by atoms with Crippen LogP contribution in [0.25, 0.3) is 0 Å². The maximum absolute atomic E-state index is 12.5. The third kappa shape index (κ3) is 3.95. The first-order chi connectivity index (χ1) is 9.61. The second-order valence-electron chi connectivity index (χ2n) is 6.37. The Bertz CT molecular complexity index is 313. The fourth-order valence-corrected chi connectivity index (χ4v) is 3.35. The van der Waals surface area contributed by atoms with Gasteiger partial charge in [0, 0.05) is 19.0 Å². The number of rotatable bonds is 5. The molecule has 1 amide bonds. The minimum atomic E-state index is -0.327. The van der Waals surface area contributed by atoms with Gasteiger partial charge in [-0.2, -0.15) is 0 Å². The first kappa shape index (κ1) is 15.8. The number of hydrogen-bond donors (Lipinski definition) is 1. The molecule has 116 valence electrons. The van der Waals surface area contributed by atoms with Crippen LogP contribution in [-0.4, -0.2) is 47.3 Å². The van der Waals surface area contributed by atoms with E-state index in [1.165, 1.54) is 19.3 Å². The van der Waals surface area contributed by atoms with Crippen LogP contribution in [-0.2, 0) is 9.53 Å². The standard InChI is InChI=1S/C16H29NO3/c1-3-15(20-14-7-5-4-6-8-14)16(19)17-10-9-13(11-17)12(2)18/h12-15,18H,3-11H2,1-2H3. The summed E-state index contributed by atoms with van der Waals surface area (Å²) >= 11 is 0. The minimum absolute atomic E-state index is 0.126. The smallest absolute Gasteiger partial charge is 0.251 e. The number of carbonyl (C=O) groups is 1. The highest BCUT2D eigenvalue weighted by Gasteiger charge is 2.33. The van der Waals surface area contributed by atoms with Gasteiger partial charge in [0.25, 0.3) is 5.91 Å². The number of ether oxygens (including phenoxy) is 1. The summed E-state index contributed by atoms with van der Waals surface area (Å²) in [6, 6.07) is 0. The van der Waals surface area contributed by atoms with Crippen molar-refractivity contribution in [2.75, 3.05) is 13.1 Å². The number of aliphatic hydroxyl groups is 1. The zero-order chi connectivity index (χ0) is 14.5. The molecule has 3 atom stereocenters. The van der Waals surface area contributed by atoms with Crippen molar-refractivity contribution in [3.05, 3.63) is 0 Å². The van der Waals surface area contributed by atoms with Gasteiger partial charge in [-0.3, -0.25) is 4.79 Å². The van der Waals surface area contributed by atoms with E-state index in [9.17, 15) is 9.90 Å². The zero-order valence-corrected chi connectivity index (χ0v) is 12.9. The monoisotopic (exact) mass is 283 g/mol. The average molecular weight is 283 g/mol. The third-order valence-corrected chi connectivity index (χ3v) is 4.77. The molecule has 1 aliphatic heterocycles. The zero-order valence-electron chi connectivity index (χ0n) is 12.9. The highest BCUT2D eigenvalue weighted by molar-refractivity contribution is 5.81. The molecular weight excluding hydrogens is 254 g/mol. The van der Waals surface area contributed by atoms with Crippen molar-refractivity contribution in [1.29, 1.82) is 0 Å². The van der Waals surface area contributed by atoms with E-state index in [0.29, 0.717) is 6.54 Å². The van der Waals surface area contributed by atoms with Gasteiger partial charge in [0.1, 0.15) is 6.10 Å². The van der Waals surface area contributed by atoms with Crippen LogP contribution in [0.3, 0.4) is 0 Å². The summed E-state index contributed by atoms with van der Waals surface area (Å²) in [7, 11) is 0. The van der Waals surface area contributed by atoms with Crippen molar-refractivity contribution in [2.45, 2.75) is 77.1 Å². The fourth-order valence-electron chi connectivity index (χ4n) is 3.35. The normalized spacial score (nSPS) is 27.6. The second-order valence-corrected chi connectivity index (χ2v) is 6.37. The number of carbonyl (C=O) groups excluding carboxylic acids is 1. The molecule has 0 bridgehead atoms. The molecular formula is C16H29NO3. The Kier molecular flexibility index (Phi) is 5.85. The predicted molar refractivity (Wildman–Crippen MR) is 78.4 cm³/mol.